The maximum atomic E-state index is 15.0. The van der Waals surface area contributed by atoms with Crippen molar-refractivity contribution in [3.8, 4) is 5.75 Å². The molecule has 0 unspecified atom stereocenters. The number of likely N-dealkylation sites (tertiary alicyclic amines) is 2. The molecule has 2 heterocycles. The fourth-order valence-electron chi connectivity index (χ4n) is 6.96. The van der Waals surface area contributed by atoms with Crippen molar-refractivity contribution >= 4 is 11.7 Å². The Morgan fingerprint density at radius 3 is 2.42 bits per heavy atom. The number of piperidine rings is 1. The Kier molecular flexibility index (Phi) is 10.0. The molecule has 2 aromatic rings. The summed E-state index contributed by atoms with van der Waals surface area (Å²) in [5, 5.41) is 10.2. The van der Waals surface area contributed by atoms with Gasteiger partial charge in [-0.15, -0.1) is 0 Å². The SMILES string of the molecule is Cc1c(F)cccc1[C@H]1[C@H](C(=O)N2CCCC2)[C@H](C(C)C)N(CCCCN(C)C)C[C@@H]1C(=O)c1cccc(O)c1. The van der Waals surface area contributed by atoms with Crippen LogP contribution in [0, 0.1) is 30.5 Å². The summed E-state index contributed by atoms with van der Waals surface area (Å²) in [6.45, 7) is 9.79. The van der Waals surface area contributed by atoms with Crippen molar-refractivity contribution in [1.29, 1.82) is 0 Å². The van der Waals surface area contributed by atoms with Crippen molar-refractivity contribution in [1.82, 2.24) is 14.7 Å². The largest absolute Gasteiger partial charge is 0.508 e. The van der Waals surface area contributed by atoms with Crippen molar-refractivity contribution in [3.63, 3.8) is 0 Å². The Bertz CT molecular complexity index is 1180. The van der Waals surface area contributed by atoms with E-state index in [1.165, 1.54) is 12.1 Å². The number of unbranched alkanes of at least 4 members (excludes halogenated alkanes) is 1. The summed E-state index contributed by atoms with van der Waals surface area (Å²) in [4.78, 5) is 35.3. The van der Waals surface area contributed by atoms with Gasteiger partial charge in [0.1, 0.15) is 11.6 Å². The molecule has 2 aliphatic heterocycles. The lowest BCUT2D eigenvalue weighted by Gasteiger charge is -2.51. The van der Waals surface area contributed by atoms with Crippen LogP contribution in [0.4, 0.5) is 4.39 Å². The Hall–Kier alpha value is -2.77. The number of halogens is 1. The summed E-state index contributed by atoms with van der Waals surface area (Å²) < 4.78 is 15.0. The Morgan fingerprint density at radius 2 is 1.77 bits per heavy atom. The number of nitrogens with zero attached hydrogens (tertiary/aromatic N) is 3. The highest BCUT2D eigenvalue weighted by Crippen LogP contribution is 2.46. The van der Waals surface area contributed by atoms with Gasteiger partial charge in [0.05, 0.1) is 5.92 Å². The maximum absolute atomic E-state index is 15.0. The summed E-state index contributed by atoms with van der Waals surface area (Å²) in [6, 6.07) is 11.4. The standard InChI is InChI=1S/C33H46FN3O3/c1-22(2)31-30(33(40)36-17-8-9-18-36)29(26-14-11-15-28(34)23(26)3)27(21-37(31)19-7-6-16-35(4)5)32(39)24-12-10-13-25(38)20-24/h10-15,20,22,27,29-31,38H,6-9,16-19,21H2,1-5H3/t27-,29+,30-,31-/m0/s1. The Labute approximate surface area is 239 Å². The number of Topliss-reactive ketones (excluding diaryl/α,β-unsaturated/α-hetero) is 1. The highest BCUT2D eigenvalue weighted by molar-refractivity contribution is 5.99. The van der Waals surface area contributed by atoms with Gasteiger partial charge < -0.3 is 14.9 Å². The summed E-state index contributed by atoms with van der Waals surface area (Å²) in [7, 11) is 4.14. The minimum Gasteiger partial charge on any atom is -0.508 e. The van der Waals surface area contributed by atoms with E-state index in [4.69, 9.17) is 0 Å². The molecule has 2 aliphatic rings. The van der Waals surface area contributed by atoms with Crippen LogP contribution in [0.15, 0.2) is 42.5 Å². The molecule has 7 heteroatoms. The van der Waals surface area contributed by atoms with Crippen molar-refractivity contribution < 1.29 is 19.1 Å². The van der Waals surface area contributed by atoms with Crippen LogP contribution in [0.5, 0.6) is 5.75 Å². The van der Waals surface area contributed by atoms with Gasteiger partial charge in [-0.3, -0.25) is 14.5 Å². The second-order valence-corrected chi connectivity index (χ2v) is 12.3. The van der Waals surface area contributed by atoms with Crippen LogP contribution >= 0.6 is 0 Å². The molecule has 4 rings (SSSR count). The molecule has 2 saturated heterocycles. The number of hydrogen-bond donors (Lipinski definition) is 1. The van der Waals surface area contributed by atoms with E-state index in [2.05, 4.69) is 37.7 Å². The maximum Gasteiger partial charge on any atom is 0.227 e. The zero-order chi connectivity index (χ0) is 29.0. The quantitative estimate of drug-likeness (QED) is 0.319. The van der Waals surface area contributed by atoms with Crippen molar-refractivity contribution in [2.45, 2.75) is 58.4 Å². The number of amides is 1. The lowest BCUT2D eigenvalue weighted by atomic mass is 9.64. The second-order valence-electron chi connectivity index (χ2n) is 12.3. The van der Waals surface area contributed by atoms with Crippen LogP contribution in [0.3, 0.4) is 0 Å². The zero-order valence-electron chi connectivity index (χ0n) is 24.8. The predicted octanol–water partition coefficient (Wildman–Crippen LogP) is 5.34. The number of rotatable bonds is 10. The third kappa shape index (κ3) is 6.58. The molecular weight excluding hydrogens is 505 g/mol. The number of benzene rings is 2. The monoisotopic (exact) mass is 551 g/mol. The molecule has 2 aromatic carbocycles. The topological polar surface area (TPSA) is 64.1 Å². The first kappa shape index (κ1) is 30.2. The summed E-state index contributed by atoms with van der Waals surface area (Å²) in [6.07, 6.45) is 3.95. The van der Waals surface area contributed by atoms with Gasteiger partial charge in [-0.25, -0.2) is 4.39 Å². The average Bonchev–Trinajstić information content (AvgIpc) is 3.46. The number of carbonyl (C=O) groups is 2. The minimum atomic E-state index is -0.553. The molecule has 218 valence electrons. The van der Waals surface area contributed by atoms with Crippen molar-refractivity contribution in [2.24, 2.45) is 17.8 Å². The number of hydrogen-bond acceptors (Lipinski definition) is 5. The van der Waals surface area contributed by atoms with Gasteiger partial charge in [0.2, 0.25) is 5.91 Å². The van der Waals surface area contributed by atoms with Crippen LogP contribution in [0.2, 0.25) is 0 Å². The van der Waals surface area contributed by atoms with Gasteiger partial charge in [-0.05, 0) is 95.0 Å². The summed E-state index contributed by atoms with van der Waals surface area (Å²) >= 11 is 0. The molecule has 2 fully saturated rings. The van der Waals surface area contributed by atoms with Gasteiger partial charge in [0.15, 0.2) is 5.78 Å². The first-order valence-corrected chi connectivity index (χ1v) is 14.9. The molecule has 0 spiro atoms. The highest BCUT2D eigenvalue weighted by Gasteiger charge is 2.52. The van der Waals surface area contributed by atoms with E-state index >= 15 is 4.39 Å². The number of phenols is 1. The number of aromatic hydroxyl groups is 1. The zero-order valence-corrected chi connectivity index (χ0v) is 24.8. The third-order valence-corrected chi connectivity index (χ3v) is 8.86. The van der Waals surface area contributed by atoms with Gasteiger partial charge >= 0.3 is 0 Å². The van der Waals surface area contributed by atoms with Crippen LogP contribution in [0.25, 0.3) is 0 Å². The molecular formula is C33H46FN3O3. The molecule has 0 bridgehead atoms. The first-order valence-electron chi connectivity index (χ1n) is 14.9. The van der Waals surface area contributed by atoms with Gasteiger partial charge in [0.25, 0.3) is 0 Å². The molecule has 1 N–H and O–H groups in total. The molecule has 1 amide bonds. The number of ketones is 1. The molecule has 0 aromatic heterocycles. The lowest BCUT2D eigenvalue weighted by molar-refractivity contribution is -0.142. The smallest absolute Gasteiger partial charge is 0.227 e. The van der Waals surface area contributed by atoms with E-state index in [0.717, 1.165) is 57.4 Å². The van der Waals surface area contributed by atoms with E-state index in [1.54, 1.807) is 31.2 Å². The predicted molar refractivity (Wildman–Crippen MR) is 157 cm³/mol. The number of carbonyl (C=O) groups excluding carboxylic acids is 2. The second kappa shape index (κ2) is 13.3. The summed E-state index contributed by atoms with van der Waals surface area (Å²) in [5.41, 5.74) is 1.67. The van der Waals surface area contributed by atoms with Gasteiger partial charge in [-0.2, -0.15) is 0 Å². The first-order chi connectivity index (χ1) is 19.1. The molecule has 0 radical (unpaired) electrons. The molecule has 4 atom stereocenters. The van der Waals surface area contributed by atoms with E-state index in [-0.39, 0.29) is 35.2 Å². The van der Waals surface area contributed by atoms with Crippen LogP contribution in [-0.2, 0) is 4.79 Å². The van der Waals surface area contributed by atoms with Crippen LogP contribution in [-0.4, -0.2) is 84.4 Å². The fourth-order valence-corrected chi connectivity index (χ4v) is 6.96. The highest BCUT2D eigenvalue weighted by atomic mass is 19.1. The molecule has 0 aliphatic carbocycles. The van der Waals surface area contributed by atoms with Crippen molar-refractivity contribution in [2.75, 3.05) is 46.8 Å². The molecule has 6 nitrogen and oxygen atoms in total. The summed E-state index contributed by atoms with van der Waals surface area (Å²) in [5.74, 6) is -1.65. The molecule has 40 heavy (non-hydrogen) atoms. The van der Waals surface area contributed by atoms with Gasteiger partial charge in [-0.1, -0.05) is 38.1 Å². The van der Waals surface area contributed by atoms with E-state index in [9.17, 15) is 14.7 Å². The van der Waals surface area contributed by atoms with Crippen LogP contribution < -0.4 is 0 Å². The van der Waals surface area contributed by atoms with Crippen LogP contribution in [0.1, 0.15) is 66.9 Å². The van der Waals surface area contributed by atoms with E-state index in [1.807, 2.05) is 11.0 Å². The fraction of sp³-hybridized carbons (Fsp3) is 0.576. The van der Waals surface area contributed by atoms with E-state index in [0.29, 0.717) is 17.7 Å². The van der Waals surface area contributed by atoms with E-state index < -0.39 is 17.8 Å². The lowest BCUT2D eigenvalue weighted by Crippen LogP contribution is -2.60. The Balaban J connectivity index is 1.84. The Morgan fingerprint density at radius 1 is 1.07 bits per heavy atom. The third-order valence-electron chi connectivity index (χ3n) is 8.86. The minimum absolute atomic E-state index is 0.0328. The average molecular weight is 552 g/mol. The molecule has 0 saturated carbocycles. The van der Waals surface area contributed by atoms with Gasteiger partial charge in [0, 0.05) is 43.1 Å². The number of phenolic OH excluding ortho intramolecular Hbond substituents is 1. The normalized spacial score (nSPS) is 23.8. The van der Waals surface area contributed by atoms with Crippen molar-refractivity contribution in [3.05, 3.63) is 65.0 Å².